The average molecular weight is 492 g/mol. The number of carbonyl (C=O) groups excluding carboxylic acids is 2. The van der Waals surface area contributed by atoms with E-state index in [-0.39, 0.29) is 17.9 Å². The van der Waals surface area contributed by atoms with Gasteiger partial charge in [0.15, 0.2) is 0 Å². The number of amides is 2. The van der Waals surface area contributed by atoms with Crippen LogP contribution in [-0.2, 0) is 9.59 Å². The van der Waals surface area contributed by atoms with Crippen molar-refractivity contribution in [2.24, 2.45) is 5.41 Å². The minimum absolute atomic E-state index is 0.130. The molecule has 3 N–H and O–H groups in total. The molecule has 1 aliphatic heterocycles. The van der Waals surface area contributed by atoms with Gasteiger partial charge >= 0.3 is 10.2 Å². The topological polar surface area (TPSA) is 70.2 Å². The van der Waals surface area contributed by atoms with Crippen LogP contribution >= 0.6 is 10.2 Å². The van der Waals surface area contributed by atoms with Crippen LogP contribution in [0.1, 0.15) is 50.5 Å². The average Bonchev–Trinajstić information content (AvgIpc) is 2.69. The predicted octanol–water partition coefficient (Wildman–Crippen LogP) is 5.72. The summed E-state index contributed by atoms with van der Waals surface area (Å²) in [5.41, 5.74) is 0.324. The highest BCUT2D eigenvalue weighted by molar-refractivity contribution is 8.45. The molecule has 3 rings (SSSR count). The zero-order valence-corrected chi connectivity index (χ0v) is 19.1. The van der Waals surface area contributed by atoms with E-state index in [0.29, 0.717) is 12.1 Å². The molecule has 1 fully saturated rings. The van der Waals surface area contributed by atoms with E-state index < -0.39 is 44.7 Å². The molecule has 0 bridgehead atoms. The van der Waals surface area contributed by atoms with Crippen molar-refractivity contribution in [2.75, 3.05) is 0 Å². The molecule has 182 valence electrons. The number of hydrogen-bond acceptors (Lipinski definition) is 3. The molecular weight excluding hydrogens is 465 g/mol. The second-order valence-electron chi connectivity index (χ2n) is 9.18. The van der Waals surface area contributed by atoms with Gasteiger partial charge in [0.05, 0.1) is 18.5 Å². The monoisotopic (exact) mass is 491 g/mol. The number of rotatable bonds is 5. The van der Waals surface area contributed by atoms with Gasteiger partial charge in [0.1, 0.15) is 11.1 Å². The Morgan fingerprint density at radius 3 is 2.09 bits per heavy atom. The maximum atomic E-state index is 13.1. The van der Waals surface area contributed by atoms with Crippen LogP contribution in [0.2, 0.25) is 0 Å². The summed E-state index contributed by atoms with van der Waals surface area (Å²) in [6.07, 6.45) is -0.720. The second-order valence-corrected chi connectivity index (χ2v) is 11.6. The Balaban J connectivity index is 1.82. The number of benzene rings is 2. The molecule has 0 spiro atoms. The molecule has 5 nitrogen and oxygen atoms in total. The SMILES string of the molecule is CC(C)(C)[C@@H](NC(=O)C1CC(=O)NC(c2ccccc2)N1)c1ccc(S(F)(F)(F)(F)F)cc1. The molecule has 0 radical (unpaired) electrons. The zero-order chi connectivity index (χ0) is 24.7. The minimum Gasteiger partial charge on any atom is -0.347 e. The fourth-order valence-electron chi connectivity index (χ4n) is 3.66. The summed E-state index contributed by atoms with van der Waals surface area (Å²) in [6, 6.07) is 9.84. The van der Waals surface area contributed by atoms with E-state index >= 15 is 0 Å². The van der Waals surface area contributed by atoms with Crippen LogP contribution in [0.3, 0.4) is 0 Å². The molecule has 1 saturated heterocycles. The summed E-state index contributed by atoms with van der Waals surface area (Å²) in [4.78, 5) is 23.2. The maximum Gasteiger partial charge on any atom is 0.310 e. The van der Waals surface area contributed by atoms with Crippen molar-refractivity contribution in [3.63, 3.8) is 0 Å². The molecular formula is C22H26F5N3O2S. The highest BCUT2D eigenvalue weighted by Gasteiger charge is 2.65. The summed E-state index contributed by atoms with van der Waals surface area (Å²) in [6.45, 7) is 5.26. The third kappa shape index (κ3) is 6.23. The number of nitrogens with one attached hydrogen (secondary N) is 3. The van der Waals surface area contributed by atoms with Crippen LogP contribution in [0, 0.1) is 5.41 Å². The first-order chi connectivity index (χ1) is 14.9. The molecule has 11 heteroatoms. The van der Waals surface area contributed by atoms with Crippen molar-refractivity contribution in [3.05, 3.63) is 65.7 Å². The fourth-order valence-corrected chi connectivity index (χ4v) is 4.31. The summed E-state index contributed by atoms with van der Waals surface area (Å²) < 4.78 is 65.3. The molecule has 3 atom stereocenters. The number of halogens is 5. The second kappa shape index (κ2) is 7.69. The van der Waals surface area contributed by atoms with Gasteiger partial charge in [-0.3, -0.25) is 14.9 Å². The zero-order valence-electron chi connectivity index (χ0n) is 18.2. The van der Waals surface area contributed by atoms with E-state index in [9.17, 15) is 29.0 Å². The van der Waals surface area contributed by atoms with Crippen LogP contribution in [0.25, 0.3) is 0 Å². The highest BCUT2D eigenvalue weighted by Crippen LogP contribution is 3.02. The lowest BCUT2D eigenvalue weighted by Crippen LogP contribution is -2.57. The van der Waals surface area contributed by atoms with Gasteiger partial charge in [-0.05, 0) is 28.7 Å². The van der Waals surface area contributed by atoms with Crippen molar-refractivity contribution >= 4 is 22.0 Å². The first-order valence-electron chi connectivity index (χ1n) is 10.2. The van der Waals surface area contributed by atoms with E-state index in [1.165, 1.54) is 0 Å². The summed E-state index contributed by atoms with van der Waals surface area (Å²) >= 11 is 0. The molecule has 0 aliphatic carbocycles. The van der Waals surface area contributed by atoms with Gasteiger partial charge in [0.25, 0.3) is 0 Å². The predicted molar refractivity (Wildman–Crippen MR) is 117 cm³/mol. The van der Waals surface area contributed by atoms with Gasteiger partial charge in [-0.25, -0.2) is 0 Å². The van der Waals surface area contributed by atoms with E-state index in [1.54, 1.807) is 45.0 Å². The van der Waals surface area contributed by atoms with Gasteiger partial charge in [0, 0.05) is 0 Å². The summed E-state index contributed by atoms with van der Waals surface area (Å²) in [5, 5.41) is 8.59. The first kappa shape index (κ1) is 25.0. The lowest BCUT2D eigenvalue weighted by atomic mass is 9.82. The van der Waals surface area contributed by atoms with E-state index in [1.807, 2.05) is 6.07 Å². The van der Waals surface area contributed by atoms with E-state index in [4.69, 9.17) is 0 Å². The molecule has 2 unspecified atom stereocenters. The third-order valence-electron chi connectivity index (χ3n) is 5.32. The van der Waals surface area contributed by atoms with Gasteiger partial charge in [-0.2, -0.15) is 0 Å². The van der Waals surface area contributed by atoms with Crippen LogP contribution < -0.4 is 16.0 Å². The molecule has 2 aromatic carbocycles. The molecule has 1 heterocycles. The quantitative estimate of drug-likeness (QED) is 0.469. The van der Waals surface area contributed by atoms with Crippen molar-refractivity contribution in [2.45, 2.75) is 50.3 Å². The molecule has 2 aromatic rings. The van der Waals surface area contributed by atoms with E-state index in [0.717, 1.165) is 17.7 Å². The van der Waals surface area contributed by atoms with Crippen LogP contribution in [0.5, 0.6) is 0 Å². The van der Waals surface area contributed by atoms with E-state index in [2.05, 4.69) is 16.0 Å². The van der Waals surface area contributed by atoms with Crippen molar-refractivity contribution < 1.29 is 29.0 Å². The van der Waals surface area contributed by atoms with Crippen molar-refractivity contribution in [1.82, 2.24) is 16.0 Å². The molecule has 2 amide bonds. The lowest BCUT2D eigenvalue weighted by Gasteiger charge is -2.41. The first-order valence-corrected chi connectivity index (χ1v) is 12.1. The van der Waals surface area contributed by atoms with Crippen molar-refractivity contribution in [1.29, 1.82) is 0 Å². The van der Waals surface area contributed by atoms with Gasteiger partial charge in [0.2, 0.25) is 11.8 Å². The Labute approximate surface area is 188 Å². The van der Waals surface area contributed by atoms with Gasteiger partial charge in [-0.15, -0.1) is 0 Å². The Hall–Kier alpha value is -2.66. The largest absolute Gasteiger partial charge is 0.347 e. The highest BCUT2D eigenvalue weighted by atomic mass is 32.5. The van der Waals surface area contributed by atoms with Gasteiger partial charge < -0.3 is 10.6 Å². The normalized spacial score (nSPS) is 22.5. The Bertz CT molecular complexity index is 1040. The smallest absolute Gasteiger partial charge is 0.310 e. The number of hydrogen-bond donors (Lipinski definition) is 3. The Morgan fingerprint density at radius 1 is 1.00 bits per heavy atom. The Kier molecular flexibility index (Phi) is 5.82. The van der Waals surface area contributed by atoms with Crippen molar-refractivity contribution in [3.8, 4) is 0 Å². The van der Waals surface area contributed by atoms with Crippen LogP contribution in [0.15, 0.2) is 59.5 Å². The summed E-state index contributed by atoms with van der Waals surface area (Å²) in [5.74, 6) is -0.863. The number of carbonyl (C=O) groups is 2. The maximum absolute atomic E-state index is 13.1. The third-order valence-corrected chi connectivity index (χ3v) is 6.49. The molecule has 0 saturated carbocycles. The summed E-state index contributed by atoms with van der Waals surface area (Å²) in [7, 11) is -9.80. The van der Waals surface area contributed by atoms with Crippen LogP contribution in [0.4, 0.5) is 19.4 Å². The van der Waals surface area contributed by atoms with Gasteiger partial charge in [-0.1, -0.05) is 82.7 Å². The fraction of sp³-hybridized carbons (Fsp3) is 0.364. The molecule has 1 aliphatic rings. The molecule has 33 heavy (non-hydrogen) atoms. The lowest BCUT2D eigenvalue weighted by molar-refractivity contribution is -0.132. The van der Waals surface area contributed by atoms with Crippen LogP contribution in [-0.4, -0.2) is 17.9 Å². The molecule has 0 aromatic heterocycles. The standard InChI is InChI=1S/C22H26F5N3O2S/c1-22(2,3)19(14-9-11-16(12-10-14)33(23,24,25,26)27)30-21(32)17-13-18(31)29-20(28-17)15-7-5-4-6-8-15/h4-12,17,19-20,28H,13H2,1-3H3,(H,29,31)(H,30,32)/t17?,19-,20?/m0/s1. The Morgan fingerprint density at radius 2 is 1.58 bits per heavy atom. The minimum atomic E-state index is -9.80.